The second kappa shape index (κ2) is 6.55. The second-order valence-corrected chi connectivity index (χ2v) is 9.19. The Bertz CT molecular complexity index is 857. The van der Waals surface area contributed by atoms with Crippen LogP contribution in [-0.2, 0) is 10.8 Å². The predicted molar refractivity (Wildman–Crippen MR) is 121 cm³/mol. The van der Waals surface area contributed by atoms with Crippen molar-refractivity contribution in [1.82, 2.24) is 0 Å². The van der Waals surface area contributed by atoms with Gasteiger partial charge in [0.05, 0.1) is 0 Å². The maximum atomic E-state index is 4.42. The fourth-order valence-corrected chi connectivity index (χ4v) is 4.80. The predicted octanol–water partition coefficient (Wildman–Crippen LogP) is 6.39. The van der Waals surface area contributed by atoms with Gasteiger partial charge in [0.1, 0.15) is 0 Å². The lowest BCUT2D eigenvalue weighted by molar-refractivity contribution is 0.612. The van der Waals surface area contributed by atoms with E-state index >= 15 is 0 Å². The number of rotatable bonds is 5. The summed E-state index contributed by atoms with van der Waals surface area (Å²) >= 11 is 0. The first kappa shape index (κ1) is 18.9. The molecule has 0 aromatic heterocycles. The van der Waals surface area contributed by atoms with Crippen molar-refractivity contribution in [3.05, 3.63) is 84.2 Å². The van der Waals surface area contributed by atoms with Crippen molar-refractivity contribution < 1.29 is 0 Å². The van der Waals surface area contributed by atoms with E-state index in [-0.39, 0.29) is 10.8 Å². The summed E-state index contributed by atoms with van der Waals surface area (Å²) in [5.74, 6) is 0. The molecule has 2 heteroatoms. The summed E-state index contributed by atoms with van der Waals surface area (Å²) in [7, 11) is 0. The molecule has 2 aliphatic rings. The van der Waals surface area contributed by atoms with Crippen molar-refractivity contribution in [2.45, 2.75) is 51.4 Å². The molecule has 0 atom stereocenters. The molecule has 4 rings (SSSR count). The average Bonchev–Trinajstić information content (AvgIpc) is 3.00. The Morgan fingerprint density at radius 3 is 1.39 bits per heavy atom. The Balaban J connectivity index is 1.42. The highest BCUT2D eigenvalue weighted by Gasteiger charge is 2.39. The highest BCUT2D eigenvalue weighted by molar-refractivity contribution is 5.70. The maximum Gasteiger partial charge on any atom is 0.0450 e. The number of hydrogen-bond donors (Lipinski definition) is 0. The summed E-state index contributed by atoms with van der Waals surface area (Å²) in [6.07, 6.45) is 2.27. The Kier molecular flexibility index (Phi) is 4.41. The number of fused-ring (bicyclic) bond motifs is 2. The molecule has 0 bridgehead atoms. The summed E-state index contributed by atoms with van der Waals surface area (Å²) < 4.78 is 0. The van der Waals surface area contributed by atoms with Gasteiger partial charge in [0.25, 0.3) is 0 Å². The molecule has 2 aromatic rings. The number of benzene rings is 2. The minimum Gasteiger partial charge on any atom is -0.345 e. The summed E-state index contributed by atoms with van der Waals surface area (Å²) in [6, 6.07) is 17.5. The van der Waals surface area contributed by atoms with E-state index in [2.05, 4.69) is 99.2 Å². The van der Waals surface area contributed by atoms with Crippen LogP contribution in [0.5, 0.6) is 0 Å². The molecule has 28 heavy (non-hydrogen) atoms. The molecule has 2 aromatic carbocycles. The molecule has 2 nitrogen and oxygen atoms in total. The van der Waals surface area contributed by atoms with Gasteiger partial charge in [-0.05, 0) is 36.1 Å². The zero-order chi connectivity index (χ0) is 20.1. The van der Waals surface area contributed by atoms with Crippen LogP contribution in [0.15, 0.2) is 73.1 Å². The summed E-state index contributed by atoms with van der Waals surface area (Å²) in [5, 5.41) is 0. The lowest BCUT2D eigenvalue weighted by Crippen LogP contribution is -2.28. The standard InChI is InChI=1S/C26H32N2/c1-19-25(3,4)21-13-7-9-15-23(21)27(19)17-11-12-18-28-20(2)26(5,6)22-14-8-10-16-24(22)28/h7-10,13-16H,1-2,11-12,17-18H2,3-6H3. The van der Waals surface area contributed by atoms with Crippen LogP contribution in [0.3, 0.4) is 0 Å². The van der Waals surface area contributed by atoms with Crippen molar-refractivity contribution >= 4 is 11.4 Å². The van der Waals surface area contributed by atoms with E-state index in [4.69, 9.17) is 0 Å². The third-order valence-electron chi connectivity index (χ3n) is 6.84. The van der Waals surface area contributed by atoms with Gasteiger partial charge in [-0.1, -0.05) is 77.3 Å². The molecule has 0 spiro atoms. The number of allylic oxidation sites excluding steroid dienone is 2. The van der Waals surface area contributed by atoms with Crippen molar-refractivity contribution in [2.75, 3.05) is 22.9 Å². The van der Waals surface area contributed by atoms with Crippen LogP contribution in [0.1, 0.15) is 51.7 Å². The van der Waals surface area contributed by atoms with E-state index in [1.165, 1.54) is 33.9 Å². The van der Waals surface area contributed by atoms with E-state index in [9.17, 15) is 0 Å². The van der Waals surface area contributed by atoms with E-state index in [0.29, 0.717) is 0 Å². The van der Waals surface area contributed by atoms with E-state index in [1.54, 1.807) is 0 Å². The lowest BCUT2D eigenvalue weighted by Gasteiger charge is -2.28. The van der Waals surface area contributed by atoms with Crippen LogP contribution in [-0.4, -0.2) is 13.1 Å². The van der Waals surface area contributed by atoms with Gasteiger partial charge in [-0.15, -0.1) is 0 Å². The molecule has 2 aliphatic heterocycles. The molecule has 0 amide bonds. The van der Waals surface area contributed by atoms with Crippen LogP contribution >= 0.6 is 0 Å². The Morgan fingerprint density at radius 1 is 0.643 bits per heavy atom. The summed E-state index contributed by atoms with van der Waals surface area (Å²) in [5.41, 5.74) is 7.90. The normalized spacial score (nSPS) is 19.1. The molecule has 0 fully saturated rings. The zero-order valence-corrected chi connectivity index (χ0v) is 17.8. The van der Waals surface area contributed by atoms with E-state index in [0.717, 1.165) is 25.9 Å². The first-order valence-electron chi connectivity index (χ1n) is 10.4. The van der Waals surface area contributed by atoms with Gasteiger partial charge in [0, 0.05) is 46.7 Å². The smallest absolute Gasteiger partial charge is 0.0450 e. The van der Waals surface area contributed by atoms with Gasteiger partial charge in [-0.3, -0.25) is 0 Å². The van der Waals surface area contributed by atoms with Gasteiger partial charge in [-0.2, -0.15) is 0 Å². The molecular weight excluding hydrogens is 340 g/mol. The number of unbranched alkanes of at least 4 members (excludes halogenated alkanes) is 1. The minimum atomic E-state index is 0.0167. The molecule has 0 radical (unpaired) electrons. The van der Waals surface area contributed by atoms with E-state index in [1.807, 2.05) is 0 Å². The summed E-state index contributed by atoms with van der Waals surface area (Å²) in [6.45, 7) is 20.0. The molecule has 146 valence electrons. The van der Waals surface area contributed by atoms with Crippen LogP contribution in [0.2, 0.25) is 0 Å². The van der Waals surface area contributed by atoms with Gasteiger partial charge in [-0.25, -0.2) is 0 Å². The minimum absolute atomic E-state index is 0.0167. The first-order valence-corrected chi connectivity index (χ1v) is 10.4. The van der Waals surface area contributed by atoms with Crippen LogP contribution in [0.25, 0.3) is 0 Å². The second-order valence-electron chi connectivity index (χ2n) is 9.19. The Labute approximate surface area is 170 Å². The summed E-state index contributed by atoms with van der Waals surface area (Å²) in [4.78, 5) is 4.85. The SMILES string of the molecule is C=C1N(CCCCN2C(=C)C(C)(C)c3ccccc32)c2ccccc2C1(C)C. The van der Waals surface area contributed by atoms with Crippen molar-refractivity contribution in [1.29, 1.82) is 0 Å². The Hall–Kier alpha value is -2.48. The molecule has 0 aliphatic carbocycles. The van der Waals surface area contributed by atoms with Gasteiger partial charge < -0.3 is 9.80 Å². The fraction of sp³-hybridized carbons (Fsp3) is 0.385. The zero-order valence-electron chi connectivity index (χ0n) is 17.8. The van der Waals surface area contributed by atoms with Crippen molar-refractivity contribution in [2.24, 2.45) is 0 Å². The lowest BCUT2D eigenvalue weighted by atomic mass is 9.84. The van der Waals surface area contributed by atoms with Gasteiger partial charge in [0.2, 0.25) is 0 Å². The monoisotopic (exact) mass is 372 g/mol. The number of anilines is 2. The highest BCUT2D eigenvalue weighted by atomic mass is 15.2. The topological polar surface area (TPSA) is 6.48 Å². The molecule has 0 saturated carbocycles. The number of para-hydroxylation sites is 2. The van der Waals surface area contributed by atoms with E-state index < -0.39 is 0 Å². The molecular formula is C26H32N2. The first-order chi connectivity index (χ1) is 13.3. The third-order valence-corrected chi connectivity index (χ3v) is 6.84. The van der Waals surface area contributed by atoms with Crippen LogP contribution in [0.4, 0.5) is 11.4 Å². The highest BCUT2D eigenvalue weighted by Crippen LogP contribution is 2.48. The molecule has 0 saturated heterocycles. The van der Waals surface area contributed by atoms with Crippen molar-refractivity contribution in [3.63, 3.8) is 0 Å². The molecule has 0 unspecified atom stereocenters. The maximum absolute atomic E-state index is 4.42. The molecule has 0 N–H and O–H groups in total. The van der Waals surface area contributed by atoms with Gasteiger partial charge >= 0.3 is 0 Å². The number of nitrogens with zero attached hydrogens (tertiary/aromatic N) is 2. The number of hydrogen-bond acceptors (Lipinski definition) is 2. The average molecular weight is 373 g/mol. The van der Waals surface area contributed by atoms with Gasteiger partial charge in [0.15, 0.2) is 0 Å². The van der Waals surface area contributed by atoms with Crippen molar-refractivity contribution in [3.8, 4) is 0 Å². The molecule has 2 heterocycles. The Morgan fingerprint density at radius 2 is 1.00 bits per heavy atom. The van der Waals surface area contributed by atoms with Crippen LogP contribution in [0, 0.1) is 0 Å². The largest absolute Gasteiger partial charge is 0.345 e. The van der Waals surface area contributed by atoms with Crippen LogP contribution < -0.4 is 9.80 Å². The fourth-order valence-electron chi connectivity index (χ4n) is 4.80. The third kappa shape index (κ3) is 2.70. The quantitative estimate of drug-likeness (QED) is 0.561.